The number of aryl methyl sites for hydroxylation is 2. The van der Waals surface area contributed by atoms with Crippen LogP contribution in [0, 0.1) is 11.3 Å². The molecule has 0 aromatic carbocycles. The summed E-state index contributed by atoms with van der Waals surface area (Å²) in [7, 11) is 1.93. The van der Waals surface area contributed by atoms with Gasteiger partial charge in [-0.1, -0.05) is 34.6 Å². The first-order valence-corrected chi connectivity index (χ1v) is 6.34. The van der Waals surface area contributed by atoms with Crippen molar-refractivity contribution in [2.75, 3.05) is 17.6 Å². The molecule has 98 valence electrons. The van der Waals surface area contributed by atoms with Gasteiger partial charge in [0, 0.05) is 13.6 Å². The molecule has 0 atom stereocenters. The summed E-state index contributed by atoms with van der Waals surface area (Å²) in [6.07, 6.45) is 0.870. The number of anilines is 2. The van der Waals surface area contributed by atoms with Crippen molar-refractivity contribution >= 4 is 11.5 Å². The minimum absolute atomic E-state index is 0.239. The fourth-order valence-electron chi connectivity index (χ4n) is 1.58. The molecule has 0 saturated carbocycles. The van der Waals surface area contributed by atoms with Gasteiger partial charge in [-0.3, -0.25) is 4.68 Å². The number of nitrogen functional groups attached to an aromatic ring is 1. The standard InChI is InChI=1S/C13H26N4/c1-7-10-11(14)12(17(6)16-10)15-8-13(4,5)9(2)3/h9,15H,7-8,14H2,1-6H3. The Morgan fingerprint density at radius 3 is 2.41 bits per heavy atom. The molecule has 0 bridgehead atoms. The summed E-state index contributed by atoms with van der Waals surface area (Å²) in [4.78, 5) is 0. The SMILES string of the molecule is CCc1nn(C)c(NCC(C)(C)C(C)C)c1N. The van der Waals surface area contributed by atoms with Gasteiger partial charge in [0.15, 0.2) is 0 Å². The molecule has 1 rings (SSSR count). The van der Waals surface area contributed by atoms with E-state index < -0.39 is 0 Å². The van der Waals surface area contributed by atoms with Crippen molar-refractivity contribution in [3.05, 3.63) is 5.69 Å². The van der Waals surface area contributed by atoms with Gasteiger partial charge < -0.3 is 11.1 Å². The highest BCUT2D eigenvalue weighted by Crippen LogP contribution is 2.28. The molecule has 0 aliphatic heterocycles. The van der Waals surface area contributed by atoms with Crippen LogP contribution < -0.4 is 11.1 Å². The van der Waals surface area contributed by atoms with Crippen LogP contribution in [0.15, 0.2) is 0 Å². The number of nitrogens with zero attached hydrogens (tertiary/aromatic N) is 2. The molecule has 0 radical (unpaired) electrons. The molecule has 0 unspecified atom stereocenters. The van der Waals surface area contributed by atoms with Crippen LogP contribution >= 0.6 is 0 Å². The summed E-state index contributed by atoms with van der Waals surface area (Å²) in [6, 6.07) is 0. The van der Waals surface area contributed by atoms with Crippen LogP contribution in [0.1, 0.15) is 40.3 Å². The van der Waals surface area contributed by atoms with E-state index in [1.54, 1.807) is 0 Å². The number of nitrogens with two attached hydrogens (primary N) is 1. The van der Waals surface area contributed by atoms with Crippen LogP contribution in [0.25, 0.3) is 0 Å². The van der Waals surface area contributed by atoms with Crippen LogP contribution in [0.3, 0.4) is 0 Å². The molecule has 1 heterocycles. The quantitative estimate of drug-likeness (QED) is 0.829. The Hall–Kier alpha value is -1.19. The fourth-order valence-corrected chi connectivity index (χ4v) is 1.58. The molecular weight excluding hydrogens is 212 g/mol. The Kier molecular flexibility index (Phi) is 4.07. The van der Waals surface area contributed by atoms with E-state index in [0.717, 1.165) is 30.2 Å². The highest BCUT2D eigenvalue weighted by Gasteiger charge is 2.23. The second-order valence-electron chi connectivity index (χ2n) is 5.68. The molecule has 0 aliphatic carbocycles. The Bertz CT molecular complexity index is 377. The monoisotopic (exact) mass is 238 g/mol. The number of hydrogen-bond donors (Lipinski definition) is 2. The van der Waals surface area contributed by atoms with Crippen LogP contribution in [0.4, 0.5) is 11.5 Å². The second kappa shape index (κ2) is 4.98. The molecule has 0 amide bonds. The number of aromatic nitrogens is 2. The molecule has 1 aromatic heterocycles. The Balaban J connectivity index is 2.80. The van der Waals surface area contributed by atoms with E-state index in [1.807, 2.05) is 11.7 Å². The number of nitrogens with one attached hydrogen (secondary N) is 1. The first-order valence-electron chi connectivity index (χ1n) is 6.34. The van der Waals surface area contributed by atoms with E-state index in [4.69, 9.17) is 5.73 Å². The van der Waals surface area contributed by atoms with Gasteiger partial charge in [-0.2, -0.15) is 5.10 Å². The summed E-state index contributed by atoms with van der Waals surface area (Å²) < 4.78 is 1.84. The third kappa shape index (κ3) is 2.93. The summed E-state index contributed by atoms with van der Waals surface area (Å²) >= 11 is 0. The molecule has 0 spiro atoms. The van der Waals surface area contributed by atoms with Crippen LogP contribution in [0.2, 0.25) is 0 Å². The summed E-state index contributed by atoms with van der Waals surface area (Å²) in [5.74, 6) is 1.56. The summed E-state index contributed by atoms with van der Waals surface area (Å²) in [6.45, 7) is 12.0. The van der Waals surface area contributed by atoms with E-state index in [-0.39, 0.29) is 5.41 Å². The van der Waals surface area contributed by atoms with Gasteiger partial charge in [0.2, 0.25) is 0 Å². The zero-order valence-corrected chi connectivity index (χ0v) is 12.0. The van der Waals surface area contributed by atoms with Crippen LogP contribution in [-0.4, -0.2) is 16.3 Å². The zero-order chi connectivity index (χ0) is 13.2. The van der Waals surface area contributed by atoms with E-state index in [1.165, 1.54) is 0 Å². The lowest BCUT2D eigenvalue weighted by atomic mass is 9.81. The van der Waals surface area contributed by atoms with Crippen molar-refractivity contribution in [1.29, 1.82) is 0 Å². The third-order valence-electron chi connectivity index (χ3n) is 3.77. The Labute approximate surface area is 105 Å². The van der Waals surface area contributed by atoms with Crippen molar-refractivity contribution in [3.63, 3.8) is 0 Å². The Morgan fingerprint density at radius 1 is 1.41 bits per heavy atom. The van der Waals surface area contributed by atoms with Crippen LogP contribution in [-0.2, 0) is 13.5 Å². The van der Waals surface area contributed by atoms with E-state index in [0.29, 0.717) is 5.92 Å². The van der Waals surface area contributed by atoms with Crippen molar-refractivity contribution in [2.24, 2.45) is 18.4 Å². The van der Waals surface area contributed by atoms with Gasteiger partial charge >= 0.3 is 0 Å². The molecule has 0 aliphatic rings. The van der Waals surface area contributed by atoms with Crippen molar-refractivity contribution < 1.29 is 0 Å². The van der Waals surface area contributed by atoms with Crippen molar-refractivity contribution in [3.8, 4) is 0 Å². The molecule has 4 nitrogen and oxygen atoms in total. The van der Waals surface area contributed by atoms with E-state index >= 15 is 0 Å². The van der Waals surface area contributed by atoms with Gasteiger partial charge in [0.05, 0.1) is 11.4 Å². The van der Waals surface area contributed by atoms with Crippen molar-refractivity contribution in [1.82, 2.24) is 9.78 Å². The maximum atomic E-state index is 6.07. The summed E-state index contributed by atoms with van der Waals surface area (Å²) in [5, 5.41) is 7.84. The smallest absolute Gasteiger partial charge is 0.147 e. The maximum absolute atomic E-state index is 6.07. The highest BCUT2D eigenvalue weighted by atomic mass is 15.3. The van der Waals surface area contributed by atoms with Crippen LogP contribution in [0.5, 0.6) is 0 Å². The summed E-state index contributed by atoms with van der Waals surface area (Å²) in [5.41, 5.74) is 8.07. The predicted molar refractivity (Wildman–Crippen MR) is 74.1 cm³/mol. The largest absolute Gasteiger partial charge is 0.394 e. The first-order chi connectivity index (χ1) is 7.79. The fraction of sp³-hybridized carbons (Fsp3) is 0.769. The average Bonchev–Trinajstić information content (AvgIpc) is 2.51. The van der Waals surface area contributed by atoms with Crippen molar-refractivity contribution in [2.45, 2.75) is 41.0 Å². The minimum Gasteiger partial charge on any atom is -0.394 e. The van der Waals surface area contributed by atoms with E-state index in [2.05, 4.69) is 45.0 Å². The van der Waals surface area contributed by atoms with Gasteiger partial charge in [0.1, 0.15) is 5.82 Å². The minimum atomic E-state index is 0.239. The predicted octanol–water partition coefficient (Wildman–Crippen LogP) is 2.66. The highest BCUT2D eigenvalue weighted by molar-refractivity contribution is 5.65. The topological polar surface area (TPSA) is 55.9 Å². The lowest BCUT2D eigenvalue weighted by Gasteiger charge is -2.29. The lowest BCUT2D eigenvalue weighted by Crippen LogP contribution is -2.29. The first kappa shape index (κ1) is 13.9. The molecule has 4 heteroatoms. The molecule has 17 heavy (non-hydrogen) atoms. The van der Waals surface area contributed by atoms with Gasteiger partial charge in [-0.15, -0.1) is 0 Å². The number of rotatable bonds is 5. The average molecular weight is 238 g/mol. The zero-order valence-electron chi connectivity index (χ0n) is 12.0. The van der Waals surface area contributed by atoms with Gasteiger partial charge in [-0.05, 0) is 17.8 Å². The molecule has 3 N–H and O–H groups in total. The number of hydrogen-bond acceptors (Lipinski definition) is 3. The molecular formula is C13H26N4. The molecule has 0 fully saturated rings. The normalized spacial score (nSPS) is 12.2. The van der Waals surface area contributed by atoms with Gasteiger partial charge in [0.25, 0.3) is 0 Å². The van der Waals surface area contributed by atoms with E-state index in [9.17, 15) is 0 Å². The third-order valence-corrected chi connectivity index (χ3v) is 3.77. The lowest BCUT2D eigenvalue weighted by molar-refractivity contribution is 0.269. The maximum Gasteiger partial charge on any atom is 0.147 e. The molecule has 1 aromatic rings. The second-order valence-corrected chi connectivity index (χ2v) is 5.68. The Morgan fingerprint density at radius 2 is 2.00 bits per heavy atom. The van der Waals surface area contributed by atoms with Gasteiger partial charge in [-0.25, -0.2) is 0 Å². The molecule has 0 saturated heterocycles.